The van der Waals surface area contributed by atoms with Gasteiger partial charge in [-0.3, -0.25) is 0 Å². The number of rotatable bonds is 10. The maximum absolute atomic E-state index is 10.3. The van der Waals surface area contributed by atoms with E-state index < -0.39 is 49.3 Å². The zero-order valence-corrected chi connectivity index (χ0v) is 21.4. The van der Waals surface area contributed by atoms with Crippen LogP contribution in [0, 0.1) is 0 Å². The van der Waals surface area contributed by atoms with Crippen LogP contribution in [0.5, 0.6) is 23.0 Å². The molecule has 2 heterocycles. The average Bonchev–Trinajstić information content (AvgIpc) is 3.31. The Morgan fingerprint density at radius 3 is 2.29 bits per heavy atom. The van der Waals surface area contributed by atoms with Crippen LogP contribution >= 0.6 is 0 Å². The summed E-state index contributed by atoms with van der Waals surface area (Å²) in [6.45, 7) is -0.298. The monoisotopic (exact) mass is 534 g/mol. The van der Waals surface area contributed by atoms with Crippen LogP contribution in [0.4, 0.5) is 0 Å². The van der Waals surface area contributed by atoms with Gasteiger partial charge in [0.1, 0.15) is 30.5 Å². The molecule has 0 amide bonds. The van der Waals surface area contributed by atoms with Gasteiger partial charge in [0.2, 0.25) is 6.29 Å². The molecule has 0 aliphatic carbocycles. The molecule has 1 saturated heterocycles. The topological polar surface area (TPSA) is 157 Å². The highest BCUT2D eigenvalue weighted by atomic mass is 16.7. The summed E-state index contributed by atoms with van der Waals surface area (Å²) in [5.41, 5.74) is 2.37. The molecule has 2 aliphatic rings. The van der Waals surface area contributed by atoms with Crippen molar-refractivity contribution in [2.75, 3.05) is 41.2 Å². The van der Waals surface area contributed by atoms with E-state index in [1.807, 2.05) is 24.3 Å². The van der Waals surface area contributed by atoms with Crippen molar-refractivity contribution in [3.63, 3.8) is 0 Å². The lowest BCUT2D eigenvalue weighted by Crippen LogP contribution is -2.60. The van der Waals surface area contributed by atoms with Crippen molar-refractivity contribution >= 4 is 6.08 Å². The Morgan fingerprint density at radius 2 is 1.63 bits per heavy atom. The van der Waals surface area contributed by atoms with E-state index in [1.165, 1.54) is 7.11 Å². The number of hydrogen-bond acceptors (Lipinski definition) is 11. The second-order valence-corrected chi connectivity index (χ2v) is 9.05. The summed E-state index contributed by atoms with van der Waals surface area (Å²) < 4.78 is 33.6. The Morgan fingerprint density at radius 1 is 0.868 bits per heavy atom. The van der Waals surface area contributed by atoms with E-state index in [2.05, 4.69) is 0 Å². The van der Waals surface area contributed by atoms with Crippen molar-refractivity contribution in [3.05, 3.63) is 53.1 Å². The van der Waals surface area contributed by atoms with Crippen molar-refractivity contribution in [3.8, 4) is 23.0 Å². The number of hydrogen-bond donors (Lipinski definition) is 5. The van der Waals surface area contributed by atoms with E-state index in [0.29, 0.717) is 23.7 Å². The lowest BCUT2D eigenvalue weighted by atomic mass is 9.90. The highest BCUT2D eigenvalue weighted by molar-refractivity contribution is 5.62. The van der Waals surface area contributed by atoms with Crippen molar-refractivity contribution in [1.82, 2.24) is 0 Å². The second-order valence-electron chi connectivity index (χ2n) is 9.05. The van der Waals surface area contributed by atoms with Gasteiger partial charge >= 0.3 is 0 Å². The first-order valence-corrected chi connectivity index (χ1v) is 12.2. The smallest absolute Gasteiger partial charge is 0.229 e. The lowest BCUT2D eigenvalue weighted by molar-refractivity contribution is -0.277. The first kappa shape index (κ1) is 28.1. The summed E-state index contributed by atoms with van der Waals surface area (Å²) in [5.74, 6) is 1.17. The van der Waals surface area contributed by atoms with E-state index in [0.717, 1.165) is 11.1 Å². The van der Waals surface area contributed by atoms with Gasteiger partial charge in [-0.1, -0.05) is 18.2 Å². The molecule has 0 unspecified atom stereocenters. The number of ether oxygens (including phenoxy) is 6. The summed E-state index contributed by atoms with van der Waals surface area (Å²) in [6, 6.07) is 8.79. The molecule has 38 heavy (non-hydrogen) atoms. The summed E-state index contributed by atoms with van der Waals surface area (Å²) in [6.07, 6.45) is -3.89. The Hall–Kier alpha value is -2.90. The summed E-state index contributed by atoms with van der Waals surface area (Å²) in [7, 11) is 4.61. The van der Waals surface area contributed by atoms with Gasteiger partial charge in [0, 0.05) is 12.7 Å². The van der Waals surface area contributed by atoms with Crippen LogP contribution < -0.4 is 18.9 Å². The molecule has 0 spiro atoms. The Labute approximate surface area is 220 Å². The zero-order chi connectivity index (χ0) is 27.4. The predicted molar refractivity (Wildman–Crippen MR) is 134 cm³/mol. The summed E-state index contributed by atoms with van der Waals surface area (Å²) >= 11 is 0. The molecule has 2 aromatic carbocycles. The van der Waals surface area contributed by atoms with E-state index in [9.17, 15) is 25.5 Å². The maximum Gasteiger partial charge on any atom is 0.229 e. The van der Waals surface area contributed by atoms with Crippen molar-refractivity contribution in [2.24, 2.45) is 0 Å². The number of benzene rings is 2. The number of fused-ring (bicyclic) bond motifs is 1. The minimum absolute atomic E-state index is 0.183. The average molecular weight is 535 g/mol. The van der Waals surface area contributed by atoms with Crippen LogP contribution in [-0.4, -0.2) is 97.4 Å². The molecule has 11 nitrogen and oxygen atoms in total. The van der Waals surface area contributed by atoms with Gasteiger partial charge in [-0.2, -0.15) is 0 Å². The zero-order valence-electron chi connectivity index (χ0n) is 21.4. The molecule has 7 atom stereocenters. The Bertz CT molecular complexity index is 1120. The van der Waals surface area contributed by atoms with Gasteiger partial charge in [-0.05, 0) is 35.4 Å². The third-order valence-corrected chi connectivity index (χ3v) is 6.71. The number of aliphatic hydroxyl groups is 5. The Balaban J connectivity index is 1.60. The molecule has 0 saturated carbocycles. The van der Waals surface area contributed by atoms with Crippen LogP contribution in [0.15, 0.2) is 36.4 Å². The first-order valence-electron chi connectivity index (χ1n) is 12.2. The van der Waals surface area contributed by atoms with E-state index >= 15 is 0 Å². The van der Waals surface area contributed by atoms with Gasteiger partial charge in [0.15, 0.2) is 23.0 Å². The van der Waals surface area contributed by atoms with Crippen LogP contribution in [0.2, 0.25) is 0 Å². The molecule has 0 aromatic heterocycles. The minimum Gasteiger partial charge on any atom is -0.493 e. The van der Waals surface area contributed by atoms with E-state index in [1.54, 1.807) is 32.4 Å². The molecule has 2 aromatic rings. The molecule has 0 bridgehead atoms. The maximum atomic E-state index is 10.3. The van der Waals surface area contributed by atoms with Crippen molar-refractivity contribution < 1.29 is 54.0 Å². The normalized spacial score (nSPS) is 28.7. The van der Waals surface area contributed by atoms with Gasteiger partial charge in [0.25, 0.3) is 0 Å². The summed E-state index contributed by atoms with van der Waals surface area (Å²) in [4.78, 5) is 0. The molecule has 208 valence electrons. The van der Waals surface area contributed by atoms with Crippen molar-refractivity contribution in [2.45, 2.75) is 42.7 Å². The Kier molecular flexibility index (Phi) is 9.11. The van der Waals surface area contributed by atoms with Gasteiger partial charge in [-0.25, -0.2) is 0 Å². The predicted octanol–water partition coefficient (Wildman–Crippen LogP) is 0.752. The molecule has 5 N–H and O–H groups in total. The number of aliphatic hydroxyl groups excluding tert-OH is 5. The lowest BCUT2D eigenvalue weighted by Gasteiger charge is -2.39. The quantitative estimate of drug-likeness (QED) is 0.293. The van der Waals surface area contributed by atoms with Crippen LogP contribution in [0.1, 0.15) is 28.7 Å². The molecule has 4 rings (SSSR count). The largest absolute Gasteiger partial charge is 0.493 e. The van der Waals surface area contributed by atoms with Gasteiger partial charge in [0.05, 0.1) is 40.0 Å². The molecule has 11 heteroatoms. The van der Waals surface area contributed by atoms with E-state index in [-0.39, 0.29) is 18.1 Å². The molecule has 1 fully saturated rings. The van der Waals surface area contributed by atoms with Crippen LogP contribution in [0.25, 0.3) is 6.08 Å². The molecular formula is C27H34O11. The number of methoxy groups -OCH3 is 3. The molecule has 2 aliphatic heterocycles. The van der Waals surface area contributed by atoms with E-state index in [4.69, 9.17) is 28.4 Å². The fraction of sp³-hybridized carbons (Fsp3) is 0.481. The highest BCUT2D eigenvalue weighted by Gasteiger charge is 2.45. The minimum atomic E-state index is -1.57. The fourth-order valence-electron chi connectivity index (χ4n) is 4.69. The highest BCUT2D eigenvalue weighted by Crippen LogP contribution is 2.51. The standard InChI is InChI=1S/C27H34O11/c1-33-8-4-5-14-9-16-17(12-28)25(38-26(16)20(10-14)35-3)15-6-7-18(19(11-15)34-2)36-27-24(32)23(31)22(30)21(13-29)37-27/h4-7,9-11,17,21-25,27-32H,8,12-13H2,1-3H3/b5-4+/t17-,21+,22+,23-,24+,25+,27+/m0/s1. The third kappa shape index (κ3) is 5.45. The summed E-state index contributed by atoms with van der Waals surface area (Å²) in [5, 5.41) is 50.1. The SMILES string of the molecule is COC/C=C/c1cc(OC)c2c(c1)[C@H](CO)[C@@H](c1ccc(O[C@@H]3O[C@H](CO)[C@@H](O)[C@H](O)[C@H]3O)c(OC)c1)O2. The molecule has 0 radical (unpaired) electrons. The second kappa shape index (κ2) is 12.3. The molecular weight excluding hydrogens is 500 g/mol. The van der Waals surface area contributed by atoms with Crippen LogP contribution in [0.3, 0.4) is 0 Å². The fourth-order valence-corrected chi connectivity index (χ4v) is 4.69. The van der Waals surface area contributed by atoms with Gasteiger partial charge in [-0.15, -0.1) is 0 Å². The first-order chi connectivity index (χ1) is 18.4. The van der Waals surface area contributed by atoms with Crippen molar-refractivity contribution in [1.29, 1.82) is 0 Å². The van der Waals surface area contributed by atoms with Gasteiger partial charge < -0.3 is 54.0 Å². The third-order valence-electron chi connectivity index (χ3n) is 6.71. The van der Waals surface area contributed by atoms with Crippen LogP contribution in [-0.2, 0) is 9.47 Å².